The zero-order valence-electron chi connectivity index (χ0n) is 14.8. The Bertz CT molecular complexity index is 1200. The van der Waals surface area contributed by atoms with Crippen molar-refractivity contribution in [2.75, 3.05) is 5.32 Å². The number of thiophene rings is 1. The van der Waals surface area contributed by atoms with E-state index in [1.165, 1.54) is 33.6 Å². The quantitative estimate of drug-likeness (QED) is 0.460. The molecular formula is C19H15BrN4O2S2. The van der Waals surface area contributed by atoms with Crippen molar-refractivity contribution in [3.8, 4) is 11.1 Å². The number of nitrogens with zero attached hydrogens (tertiary/aromatic N) is 3. The molecule has 4 rings (SSSR count). The number of hydrogen-bond donors (Lipinski definition) is 1. The first kappa shape index (κ1) is 19.0. The predicted octanol–water partition coefficient (Wildman–Crippen LogP) is 4.55. The van der Waals surface area contributed by atoms with Crippen LogP contribution in [0, 0.1) is 0 Å². The highest BCUT2D eigenvalue weighted by Crippen LogP contribution is 2.36. The number of amides is 1. The van der Waals surface area contributed by atoms with Crippen LogP contribution in [0.25, 0.3) is 21.3 Å². The second-order valence-electron chi connectivity index (χ2n) is 6.00. The standard InChI is InChI=1S/C19H15BrN4O2S2/c1-2-13-15(11-3-5-12(20)6-4-11)16-17(28-13)22-10-24(18(16)26)9-14(25)23-19-21-7-8-27-19/h3-8,10H,2,9H2,1H3,(H,21,23,25). The van der Waals surface area contributed by atoms with Gasteiger partial charge in [-0.2, -0.15) is 0 Å². The van der Waals surface area contributed by atoms with E-state index in [9.17, 15) is 9.59 Å². The Morgan fingerprint density at radius 2 is 2.04 bits per heavy atom. The molecule has 0 aliphatic rings. The minimum Gasteiger partial charge on any atom is -0.300 e. The van der Waals surface area contributed by atoms with E-state index in [0.29, 0.717) is 15.3 Å². The highest BCUT2D eigenvalue weighted by Gasteiger charge is 2.19. The van der Waals surface area contributed by atoms with Crippen LogP contribution in [0.2, 0.25) is 0 Å². The van der Waals surface area contributed by atoms with E-state index >= 15 is 0 Å². The molecule has 1 aromatic carbocycles. The number of aryl methyl sites for hydroxylation is 1. The van der Waals surface area contributed by atoms with Gasteiger partial charge in [-0.15, -0.1) is 22.7 Å². The van der Waals surface area contributed by atoms with Crippen molar-refractivity contribution in [2.24, 2.45) is 0 Å². The third-order valence-electron chi connectivity index (χ3n) is 4.20. The van der Waals surface area contributed by atoms with Gasteiger partial charge < -0.3 is 5.32 Å². The van der Waals surface area contributed by atoms with Gasteiger partial charge in [0.15, 0.2) is 5.13 Å². The van der Waals surface area contributed by atoms with Crippen LogP contribution in [-0.4, -0.2) is 20.4 Å². The van der Waals surface area contributed by atoms with Gasteiger partial charge in [0, 0.05) is 26.5 Å². The number of aromatic nitrogens is 3. The van der Waals surface area contributed by atoms with Crippen LogP contribution < -0.4 is 10.9 Å². The number of carbonyl (C=O) groups excluding carboxylic acids is 1. The average Bonchev–Trinajstić information content (AvgIpc) is 3.32. The van der Waals surface area contributed by atoms with Gasteiger partial charge in [0.2, 0.25) is 5.91 Å². The van der Waals surface area contributed by atoms with Gasteiger partial charge in [-0.3, -0.25) is 14.2 Å². The molecular weight excluding hydrogens is 460 g/mol. The molecule has 3 heterocycles. The SMILES string of the molecule is CCc1sc2ncn(CC(=O)Nc3nccs3)c(=O)c2c1-c1ccc(Br)cc1. The summed E-state index contributed by atoms with van der Waals surface area (Å²) in [5.41, 5.74) is 1.66. The lowest BCUT2D eigenvalue weighted by Gasteiger charge is -2.07. The van der Waals surface area contributed by atoms with Gasteiger partial charge in [0.1, 0.15) is 11.4 Å². The molecule has 3 aromatic heterocycles. The van der Waals surface area contributed by atoms with Crippen LogP contribution in [0.4, 0.5) is 5.13 Å². The lowest BCUT2D eigenvalue weighted by Crippen LogP contribution is -2.27. The first-order valence-electron chi connectivity index (χ1n) is 8.53. The Balaban J connectivity index is 1.77. The second kappa shape index (κ2) is 7.94. The Morgan fingerprint density at radius 1 is 1.25 bits per heavy atom. The molecule has 0 spiro atoms. The maximum atomic E-state index is 13.2. The van der Waals surface area contributed by atoms with E-state index < -0.39 is 0 Å². The summed E-state index contributed by atoms with van der Waals surface area (Å²) in [6, 6.07) is 7.87. The Labute approximate surface area is 177 Å². The van der Waals surface area contributed by atoms with Gasteiger partial charge >= 0.3 is 0 Å². The maximum Gasteiger partial charge on any atom is 0.263 e. The fraction of sp³-hybridized carbons (Fsp3) is 0.158. The topological polar surface area (TPSA) is 76.9 Å². The van der Waals surface area contributed by atoms with Gasteiger partial charge in [0.25, 0.3) is 5.56 Å². The molecule has 0 unspecified atom stereocenters. The zero-order chi connectivity index (χ0) is 19.7. The Kier molecular flexibility index (Phi) is 5.38. The summed E-state index contributed by atoms with van der Waals surface area (Å²) in [5.74, 6) is -0.311. The largest absolute Gasteiger partial charge is 0.300 e. The summed E-state index contributed by atoms with van der Waals surface area (Å²) in [7, 11) is 0. The highest BCUT2D eigenvalue weighted by molar-refractivity contribution is 9.10. The molecule has 0 saturated carbocycles. The molecule has 4 aromatic rings. The third kappa shape index (κ3) is 3.65. The van der Waals surface area contributed by atoms with E-state index in [4.69, 9.17) is 0 Å². The van der Waals surface area contributed by atoms with Gasteiger partial charge in [-0.25, -0.2) is 9.97 Å². The van der Waals surface area contributed by atoms with Crippen molar-refractivity contribution in [1.82, 2.24) is 14.5 Å². The third-order valence-corrected chi connectivity index (χ3v) is 6.66. The molecule has 9 heteroatoms. The summed E-state index contributed by atoms with van der Waals surface area (Å²) in [4.78, 5) is 35.7. The number of rotatable bonds is 5. The number of halogens is 1. The number of anilines is 1. The maximum absolute atomic E-state index is 13.2. The molecule has 1 amide bonds. The number of benzene rings is 1. The molecule has 0 saturated heterocycles. The average molecular weight is 475 g/mol. The number of hydrogen-bond acceptors (Lipinski definition) is 6. The second-order valence-corrected chi connectivity index (χ2v) is 8.90. The molecule has 6 nitrogen and oxygen atoms in total. The summed E-state index contributed by atoms with van der Waals surface area (Å²) >= 11 is 6.30. The lowest BCUT2D eigenvalue weighted by molar-refractivity contribution is -0.116. The molecule has 28 heavy (non-hydrogen) atoms. The minimum atomic E-state index is -0.311. The fourth-order valence-electron chi connectivity index (χ4n) is 2.95. The number of carbonyl (C=O) groups is 1. The van der Waals surface area contributed by atoms with E-state index in [2.05, 4.69) is 38.1 Å². The molecule has 142 valence electrons. The Morgan fingerprint density at radius 3 is 2.71 bits per heavy atom. The van der Waals surface area contributed by atoms with Crippen molar-refractivity contribution in [3.05, 3.63) is 61.9 Å². The first-order chi connectivity index (χ1) is 13.6. The van der Waals surface area contributed by atoms with Crippen molar-refractivity contribution in [1.29, 1.82) is 0 Å². The summed E-state index contributed by atoms with van der Waals surface area (Å²) in [5, 5.41) is 5.54. The first-order valence-corrected chi connectivity index (χ1v) is 11.0. The van der Waals surface area contributed by atoms with Crippen LogP contribution in [0.5, 0.6) is 0 Å². The Hall–Kier alpha value is -2.36. The number of fused-ring (bicyclic) bond motifs is 1. The van der Waals surface area contributed by atoms with E-state index in [1.54, 1.807) is 11.6 Å². The van der Waals surface area contributed by atoms with Crippen molar-refractivity contribution < 1.29 is 4.79 Å². The normalized spacial score (nSPS) is 11.1. The minimum absolute atomic E-state index is 0.113. The summed E-state index contributed by atoms with van der Waals surface area (Å²) in [6.45, 7) is 1.95. The zero-order valence-corrected chi connectivity index (χ0v) is 18.0. The summed E-state index contributed by atoms with van der Waals surface area (Å²) < 4.78 is 2.32. The molecule has 0 fully saturated rings. The van der Waals surface area contributed by atoms with E-state index in [1.807, 2.05) is 24.3 Å². The molecule has 0 aliphatic heterocycles. The highest BCUT2D eigenvalue weighted by atomic mass is 79.9. The fourth-order valence-corrected chi connectivity index (χ4v) is 4.86. The predicted molar refractivity (Wildman–Crippen MR) is 117 cm³/mol. The summed E-state index contributed by atoms with van der Waals surface area (Å²) in [6.07, 6.45) is 3.85. The van der Waals surface area contributed by atoms with Crippen LogP contribution in [0.3, 0.4) is 0 Å². The smallest absolute Gasteiger partial charge is 0.263 e. The van der Waals surface area contributed by atoms with Crippen LogP contribution in [-0.2, 0) is 17.8 Å². The molecule has 0 bridgehead atoms. The molecule has 0 radical (unpaired) electrons. The monoisotopic (exact) mass is 474 g/mol. The lowest BCUT2D eigenvalue weighted by atomic mass is 10.0. The van der Waals surface area contributed by atoms with Crippen LogP contribution in [0.15, 0.2) is 51.4 Å². The van der Waals surface area contributed by atoms with Crippen LogP contribution in [0.1, 0.15) is 11.8 Å². The molecule has 0 atom stereocenters. The van der Waals surface area contributed by atoms with Gasteiger partial charge in [-0.05, 0) is 24.1 Å². The van der Waals surface area contributed by atoms with Crippen molar-refractivity contribution in [2.45, 2.75) is 19.9 Å². The number of nitrogens with one attached hydrogen (secondary N) is 1. The number of thiazole rings is 1. The van der Waals surface area contributed by atoms with E-state index in [-0.39, 0.29) is 18.0 Å². The van der Waals surface area contributed by atoms with Gasteiger partial charge in [-0.1, -0.05) is 35.0 Å². The van der Waals surface area contributed by atoms with Gasteiger partial charge in [0.05, 0.1) is 11.7 Å². The van der Waals surface area contributed by atoms with E-state index in [0.717, 1.165) is 26.9 Å². The van der Waals surface area contributed by atoms with Crippen molar-refractivity contribution in [3.63, 3.8) is 0 Å². The molecule has 0 aliphatic carbocycles. The van der Waals surface area contributed by atoms with Crippen LogP contribution >= 0.6 is 38.6 Å². The molecule has 1 N–H and O–H groups in total. The van der Waals surface area contributed by atoms with Crippen molar-refractivity contribution >= 4 is 59.9 Å².